The van der Waals surface area contributed by atoms with Crippen molar-refractivity contribution in [2.45, 2.75) is 96.2 Å². The zero-order chi connectivity index (χ0) is 13.5. The van der Waals surface area contributed by atoms with Crippen LogP contribution in [0.3, 0.4) is 0 Å². The highest BCUT2D eigenvalue weighted by atomic mass is 15.0. The smallest absolute Gasteiger partial charge is 0.00817 e. The average molecular weight is 266 g/mol. The van der Waals surface area contributed by atoms with Crippen LogP contribution in [0, 0.1) is 5.92 Å². The van der Waals surface area contributed by atoms with E-state index in [4.69, 9.17) is 0 Å². The van der Waals surface area contributed by atoms with Crippen molar-refractivity contribution in [3.63, 3.8) is 0 Å². The van der Waals surface area contributed by atoms with Crippen molar-refractivity contribution in [1.82, 2.24) is 10.6 Å². The summed E-state index contributed by atoms with van der Waals surface area (Å²) >= 11 is 0. The highest BCUT2D eigenvalue weighted by Gasteiger charge is 2.22. The Bertz CT molecular complexity index is 227. The monoisotopic (exact) mass is 266 g/mol. The van der Waals surface area contributed by atoms with Gasteiger partial charge in [-0.15, -0.1) is 0 Å². The summed E-state index contributed by atoms with van der Waals surface area (Å²) in [4.78, 5) is 0. The van der Waals surface area contributed by atoms with Gasteiger partial charge in [-0.25, -0.2) is 0 Å². The zero-order valence-corrected chi connectivity index (χ0v) is 13.1. The molecule has 0 amide bonds. The van der Waals surface area contributed by atoms with Gasteiger partial charge in [0.15, 0.2) is 0 Å². The van der Waals surface area contributed by atoms with Crippen molar-refractivity contribution in [3.05, 3.63) is 0 Å². The summed E-state index contributed by atoms with van der Waals surface area (Å²) in [6.45, 7) is 6.03. The van der Waals surface area contributed by atoms with Gasteiger partial charge in [0.1, 0.15) is 0 Å². The van der Waals surface area contributed by atoms with Crippen molar-refractivity contribution in [2.75, 3.05) is 6.54 Å². The summed E-state index contributed by atoms with van der Waals surface area (Å²) in [5.41, 5.74) is 0. The maximum absolute atomic E-state index is 3.88. The first-order chi connectivity index (χ1) is 9.25. The van der Waals surface area contributed by atoms with Crippen LogP contribution in [0.5, 0.6) is 0 Å². The fraction of sp³-hybridized carbons (Fsp3) is 1.00. The Kier molecular flexibility index (Phi) is 6.66. The van der Waals surface area contributed by atoms with Gasteiger partial charge in [0, 0.05) is 18.1 Å². The zero-order valence-electron chi connectivity index (χ0n) is 13.1. The van der Waals surface area contributed by atoms with Crippen LogP contribution in [0.25, 0.3) is 0 Å². The fourth-order valence-corrected chi connectivity index (χ4v) is 4.02. The molecule has 1 saturated heterocycles. The summed E-state index contributed by atoms with van der Waals surface area (Å²) in [6.07, 6.45) is 14.2. The molecule has 2 nitrogen and oxygen atoms in total. The third-order valence-electron chi connectivity index (χ3n) is 5.20. The fourth-order valence-electron chi connectivity index (χ4n) is 4.02. The molecule has 2 heteroatoms. The first kappa shape index (κ1) is 15.3. The van der Waals surface area contributed by atoms with E-state index in [9.17, 15) is 0 Å². The maximum atomic E-state index is 3.88. The lowest BCUT2D eigenvalue weighted by Crippen LogP contribution is -2.44. The molecule has 1 heterocycles. The van der Waals surface area contributed by atoms with Gasteiger partial charge < -0.3 is 10.6 Å². The summed E-state index contributed by atoms with van der Waals surface area (Å²) in [7, 11) is 0. The molecule has 1 aliphatic heterocycles. The molecule has 2 rings (SSSR count). The van der Waals surface area contributed by atoms with Crippen LogP contribution in [-0.2, 0) is 0 Å². The highest BCUT2D eigenvalue weighted by Crippen LogP contribution is 2.26. The molecule has 0 spiro atoms. The first-order valence-electron chi connectivity index (χ1n) is 8.75. The van der Waals surface area contributed by atoms with Gasteiger partial charge in [-0.05, 0) is 58.4 Å². The molecule has 3 atom stereocenters. The molecule has 0 bridgehead atoms. The normalized spacial score (nSPS) is 29.7. The van der Waals surface area contributed by atoms with Crippen LogP contribution in [0.2, 0.25) is 0 Å². The topological polar surface area (TPSA) is 24.1 Å². The van der Waals surface area contributed by atoms with E-state index in [-0.39, 0.29) is 0 Å². The third kappa shape index (κ3) is 5.43. The predicted molar refractivity (Wildman–Crippen MR) is 83.5 cm³/mol. The van der Waals surface area contributed by atoms with Crippen molar-refractivity contribution < 1.29 is 0 Å². The van der Waals surface area contributed by atoms with Gasteiger partial charge in [-0.3, -0.25) is 0 Å². The van der Waals surface area contributed by atoms with Crippen LogP contribution < -0.4 is 10.6 Å². The molecule has 0 aromatic carbocycles. The van der Waals surface area contributed by atoms with Crippen molar-refractivity contribution in [2.24, 2.45) is 5.92 Å². The number of rotatable bonds is 5. The molecule has 2 fully saturated rings. The molecule has 2 aliphatic rings. The second-order valence-electron chi connectivity index (χ2n) is 6.99. The summed E-state index contributed by atoms with van der Waals surface area (Å²) in [5, 5.41) is 7.56. The number of nitrogens with one attached hydrogen (secondary N) is 2. The van der Waals surface area contributed by atoms with Gasteiger partial charge in [0.05, 0.1) is 0 Å². The molecule has 0 radical (unpaired) electrons. The van der Waals surface area contributed by atoms with Gasteiger partial charge in [0.2, 0.25) is 0 Å². The Labute approximate surface area is 120 Å². The number of piperidine rings is 1. The molecular formula is C17H34N2. The van der Waals surface area contributed by atoms with Gasteiger partial charge in [0.25, 0.3) is 0 Å². The van der Waals surface area contributed by atoms with Crippen LogP contribution in [0.1, 0.15) is 78.1 Å². The molecule has 1 aliphatic carbocycles. The first-order valence-corrected chi connectivity index (χ1v) is 8.75. The van der Waals surface area contributed by atoms with Crippen molar-refractivity contribution in [1.29, 1.82) is 0 Å². The van der Waals surface area contributed by atoms with Gasteiger partial charge in [-0.1, -0.05) is 32.1 Å². The Hall–Kier alpha value is -0.0800. The van der Waals surface area contributed by atoms with E-state index in [1.54, 1.807) is 0 Å². The highest BCUT2D eigenvalue weighted by molar-refractivity contribution is 4.81. The quantitative estimate of drug-likeness (QED) is 0.739. The van der Waals surface area contributed by atoms with E-state index >= 15 is 0 Å². The molecule has 19 heavy (non-hydrogen) atoms. The SMILES string of the molecule is CC(CC1CCCCN1)N[C@H](C)C1CCCCCC1. The second kappa shape index (κ2) is 8.26. The minimum atomic E-state index is 0.661. The van der Waals surface area contributed by atoms with Crippen LogP contribution >= 0.6 is 0 Å². The summed E-state index contributed by atoms with van der Waals surface area (Å²) in [5.74, 6) is 0.921. The van der Waals surface area contributed by atoms with Crippen LogP contribution in [0.15, 0.2) is 0 Å². The largest absolute Gasteiger partial charge is 0.314 e. The van der Waals surface area contributed by atoms with Crippen LogP contribution in [0.4, 0.5) is 0 Å². The minimum Gasteiger partial charge on any atom is -0.314 e. The van der Waals surface area contributed by atoms with E-state index < -0.39 is 0 Å². The van der Waals surface area contributed by atoms with E-state index in [2.05, 4.69) is 24.5 Å². The third-order valence-corrected chi connectivity index (χ3v) is 5.20. The van der Waals surface area contributed by atoms with Gasteiger partial charge in [-0.2, -0.15) is 0 Å². The Morgan fingerprint density at radius 3 is 2.26 bits per heavy atom. The molecule has 112 valence electrons. The lowest BCUT2D eigenvalue weighted by molar-refractivity contribution is 0.283. The standard InChI is InChI=1S/C17H34N2/c1-14(13-17-11-7-8-12-18-17)19-15(2)16-9-5-3-4-6-10-16/h14-19H,3-13H2,1-2H3/t14?,15-,17?/m1/s1. The van der Waals surface area contributed by atoms with Gasteiger partial charge >= 0.3 is 0 Å². The lowest BCUT2D eigenvalue weighted by atomic mass is 9.91. The van der Waals surface area contributed by atoms with Crippen molar-refractivity contribution >= 4 is 0 Å². The predicted octanol–water partition coefficient (Wildman–Crippen LogP) is 3.86. The van der Waals surface area contributed by atoms with E-state index in [1.807, 2.05) is 0 Å². The van der Waals surface area contributed by atoms with E-state index in [0.717, 1.165) is 12.0 Å². The Morgan fingerprint density at radius 1 is 0.947 bits per heavy atom. The molecule has 1 saturated carbocycles. The molecule has 2 N–H and O–H groups in total. The molecule has 0 aromatic rings. The lowest BCUT2D eigenvalue weighted by Gasteiger charge is -2.31. The Morgan fingerprint density at radius 2 is 1.63 bits per heavy atom. The minimum absolute atomic E-state index is 0.661. The number of hydrogen-bond donors (Lipinski definition) is 2. The van der Waals surface area contributed by atoms with Crippen molar-refractivity contribution in [3.8, 4) is 0 Å². The molecule has 0 aromatic heterocycles. The second-order valence-corrected chi connectivity index (χ2v) is 6.99. The molecular weight excluding hydrogens is 232 g/mol. The number of hydrogen-bond acceptors (Lipinski definition) is 2. The molecule has 2 unspecified atom stereocenters. The maximum Gasteiger partial charge on any atom is 0.00817 e. The summed E-state index contributed by atoms with van der Waals surface area (Å²) in [6, 6.07) is 2.13. The van der Waals surface area contributed by atoms with E-state index in [1.165, 1.54) is 70.8 Å². The average Bonchev–Trinajstić information content (AvgIpc) is 2.68. The van der Waals surface area contributed by atoms with Crippen LogP contribution in [-0.4, -0.2) is 24.7 Å². The van der Waals surface area contributed by atoms with E-state index in [0.29, 0.717) is 12.1 Å². The Balaban J connectivity index is 1.69. The summed E-state index contributed by atoms with van der Waals surface area (Å²) < 4.78 is 0.